The number of nitrogens with zero attached hydrogens (tertiary/aromatic N) is 1. The second-order valence-corrected chi connectivity index (χ2v) is 8.39. The van der Waals surface area contributed by atoms with Gasteiger partial charge in [-0.3, -0.25) is 4.79 Å². The van der Waals surface area contributed by atoms with E-state index in [4.69, 9.17) is 0 Å². The van der Waals surface area contributed by atoms with Crippen molar-refractivity contribution in [3.8, 4) is 11.1 Å². The lowest BCUT2D eigenvalue weighted by molar-refractivity contribution is 0.102. The summed E-state index contributed by atoms with van der Waals surface area (Å²) in [6, 6.07) is 20.0. The van der Waals surface area contributed by atoms with Crippen LogP contribution in [0.15, 0.2) is 66.7 Å². The Labute approximate surface area is 177 Å². The van der Waals surface area contributed by atoms with Crippen LogP contribution in [0.25, 0.3) is 11.1 Å². The molecule has 0 aliphatic heterocycles. The molecule has 0 heterocycles. The molecule has 1 aliphatic carbocycles. The SMILES string of the molecule is CN(C)C[C@@H]1CCc2cc(NC(=O)c3ccc(-c4ccc(F)cc4)cc3)ccc2C1. The van der Waals surface area contributed by atoms with Gasteiger partial charge in [-0.2, -0.15) is 0 Å². The van der Waals surface area contributed by atoms with Gasteiger partial charge < -0.3 is 10.2 Å². The number of anilines is 1. The van der Waals surface area contributed by atoms with E-state index >= 15 is 0 Å². The fraction of sp³-hybridized carbons (Fsp3) is 0.269. The molecule has 0 radical (unpaired) electrons. The van der Waals surface area contributed by atoms with Crippen LogP contribution in [0.2, 0.25) is 0 Å². The lowest BCUT2D eigenvalue weighted by Gasteiger charge is -2.27. The van der Waals surface area contributed by atoms with E-state index in [0.29, 0.717) is 11.5 Å². The van der Waals surface area contributed by atoms with E-state index in [9.17, 15) is 9.18 Å². The fourth-order valence-electron chi connectivity index (χ4n) is 4.24. The Morgan fingerprint density at radius 1 is 0.967 bits per heavy atom. The van der Waals surface area contributed by atoms with E-state index in [-0.39, 0.29) is 11.7 Å². The van der Waals surface area contributed by atoms with Gasteiger partial charge in [-0.1, -0.05) is 30.3 Å². The van der Waals surface area contributed by atoms with Crippen molar-refractivity contribution in [1.29, 1.82) is 0 Å². The zero-order valence-corrected chi connectivity index (χ0v) is 17.5. The Balaban J connectivity index is 1.42. The summed E-state index contributed by atoms with van der Waals surface area (Å²) in [5.41, 5.74) is 6.06. The van der Waals surface area contributed by atoms with Crippen LogP contribution < -0.4 is 5.32 Å². The molecule has 30 heavy (non-hydrogen) atoms. The van der Waals surface area contributed by atoms with E-state index in [2.05, 4.69) is 36.4 Å². The molecule has 0 unspecified atom stereocenters. The van der Waals surface area contributed by atoms with Gasteiger partial charge in [0, 0.05) is 17.8 Å². The number of carbonyl (C=O) groups excluding carboxylic acids is 1. The smallest absolute Gasteiger partial charge is 0.255 e. The van der Waals surface area contributed by atoms with Gasteiger partial charge in [0.2, 0.25) is 0 Å². The predicted octanol–water partition coefficient (Wildman–Crippen LogP) is 5.41. The van der Waals surface area contributed by atoms with Crippen LogP contribution in [0.5, 0.6) is 0 Å². The maximum Gasteiger partial charge on any atom is 0.255 e. The summed E-state index contributed by atoms with van der Waals surface area (Å²) in [5.74, 6) is 0.322. The van der Waals surface area contributed by atoms with Gasteiger partial charge in [-0.25, -0.2) is 4.39 Å². The molecule has 0 saturated carbocycles. The Morgan fingerprint density at radius 3 is 2.30 bits per heavy atom. The molecule has 3 nitrogen and oxygen atoms in total. The summed E-state index contributed by atoms with van der Waals surface area (Å²) in [5, 5.41) is 3.02. The van der Waals surface area contributed by atoms with E-state index in [1.807, 2.05) is 18.2 Å². The summed E-state index contributed by atoms with van der Waals surface area (Å²) < 4.78 is 13.1. The van der Waals surface area contributed by atoms with Gasteiger partial charge in [-0.15, -0.1) is 0 Å². The van der Waals surface area contributed by atoms with Crippen molar-refractivity contribution < 1.29 is 9.18 Å². The van der Waals surface area contributed by atoms with Crippen LogP contribution in [0, 0.1) is 11.7 Å². The second-order valence-electron chi connectivity index (χ2n) is 8.39. The third-order valence-electron chi connectivity index (χ3n) is 5.74. The molecule has 0 spiro atoms. The summed E-state index contributed by atoms with van der Waals surface area (Å²) >= 11 is 0. The highest BCUT2D eigenvalue weighted by Crippen LogP contribution is 2.28. The van der Waals surface area contributed by atoms with Crippen molar-refractivity contribution >= 4 is 11.6 Å². The molecule has 0 saturated heterocycles. The molecule has 4 rings (SSSR count). The van der Waals surface area contributed by atoms with Gasteiger partial charge in [0.25, 0.3) is 5.91 Å². The topological polar surface area (TPSA) is 32.3 Å². The fourth-order valence-corrected chi connectivity index (χ4v) is 4.24. The monoisotopic (exact) mass is 402 g/mol. The Kier molecular flexibility index (Phi) is 5.96. The summed E-state index contributed by atoms with van der Waals surface area (Å²) in [6.45, 7) is 1.12. The Hall–Kier alpha value is -2.98. The number of amides is 1. The highest BCUT2D eigenvalue weighted by molar-refractivity contribution is 6.04. The maximum absolute atomic E-state index is 13.1. The normalized spacial score (nSPS) is 15.7. The molecular weight excluding hydrogens is 375 g/mol. The van der Waals surface area contributed by atoms with Crippen LogP contribution >= 0.6 is 0 Å². The lowest BCUT2D eigenvalue weighted by atomic mass is 9.83. The molecule has 1 amide bonds. The minimum atomic E-state index is -0.256. The molecule has 1 atom stereocenters. The summed E-state index contributed by atoms with van der Waals surface area (Å²) in [7, 11) is 4.25. The number of benzene rings is 3. The molecule has 154 valence electrons. The van der Waals surface area contributed by atoms with Crippen molar-refractivity contribution in [3.63, 3.8) is 0 Å². The first-order valence-corrected chi connectivity index (χ1v) is 10.4. The number of halogens is 1. The highest BCUT2D eigenvalue weighted by atomic mass is 19.1. The molecule has 1 N–H and O–H groups in total. The first-order valence-electron chi connectivity index (χ1n) is 10.4. The maximum atomic E-state index is 13.1. The number of nitrogens with one attached hydrogen (secondary N) is 1. The second kappa shape index (κ2) is 8.80. The average Bonchev–Trinajstić information content (AvgIpc) is 2.74. The first kappa shape index (κ1) is 20.3. The van der Waals surface area contributed by atoms with Gasteiger partial charge >= 0.3 is 0 Å². The molecule has 3 aromatic carbocycles. The summed E-state index contributed by atoms with van der Waals surface area (Å²) in [4.78, 5) is 14.9. The van der Waals surface area contributed by atoms with Crippen molar-refractivity contribution in [2.75, 3.05) is 26.0 Å². The van der Waals surface area contributed by atoms with E-state index in [1.54, 1.807) is 24.3 Å². The first-order chi connectivity index (χ1) is 14.5. The minimum absolute atomic E-state index is 0.123. The number of aryl methyl sites for hydroxylation is 1. The summed E-state index contributed by atoms with van der Waals surface area (Å²) in [6.07, 6.45) is 3.35. The number of hydrogen-bond donors (Lipinski definition) is 1. The van der Waals surface area contributed by atoms with Gasteiger partial charge in [0.15, 0.2) is 0 Å². The molecular formula is C26H27FN2O. The number of carbonyl (C=O) groups is 1. The van der Waals surface area contributed by atoms with Crippen LogP contribution in [-0.2, 0) is 12.8 Å². The number of fused-ring (bicyclic) bond motifs is 1. The Bertz CT molecular complexity index is 1030. The highest BCUT2D eigenvalue weighted by Gasteiger charge is 2.19. The van der Waals surface area contributed by atoms with Crippen LogP contribution in [-0.4, -0.2) is 31.4 Å². The lowest BCUT2D eigenvalue weighted by Crippen LogP contribution is -2.26. The van der Waals surface area contributed by atoms with E-state index in [1.165, 1.54) is 29.7 Å². The van der Waals surface area contributed by atoms with Crippen molar-refractivity contribution in [2.24, 2.45) is 5.92 Å². The van der Waals surface area contributed by atoms with Crippen molar-refractivity contribution in [1.82, 2.24) is 4.90 Å². The van der Waals surface area contributed by atoms with E-state index in [0.717, 1.165) is 36.2 Å². The molecule has 0 bridgehead atoms. The number of hydrogen-bond acceptors (Lipinski definition) is 2. The van der Waals surface area contributed by atoms with Crippen LogP contribution in [0.4, 0.5) is 10.1 Å². The average molecular weight is 403 g/mol. The molecule has 4 heteroatoms. The van der Waals surface area contributed by atoms with Crippen molar-refractivity contribution in [2.45, 2.75) is 19.3 Å². The molecule has 0 fully saturated rings. The van der Waals surface area contributed by atoms with Gasteiger partial charge in [0.1, 0.15) is 5.82 Å². The van der Waals surface area contributed by atoms with Crippen molar-refractivity contribution in [3.05, 3.63) is 89.2 Å². The predicted molar refractivity (Wildman–Crippen MR) is 120 cm³/mol. The largest absolute Gasteiger partial charge is 0.322 e. The third kappa shape index (κ3) is 4.77. The zero-order valence-electron chi connectivity index (χ0n) is 17.5. The standard InChI is InChI=1S/C26H27FN2O/c1-29(2)17-18-3-4-23-16-25(14-11-22(23)15-18)28-26(30)21-7-5-19(6-8-21)20-9-12-24(27)13-10-20/h5-14,16,18H,3-4,15,17H2,1-2H3,(H,28,30)/t18-/m1/s1. The third-order valence-corrected chi connectivity index (χ3v) is 5.74. The van der Waals surface area contributed by atoms with Gasteiger partial charge in [-0.05, 0) is 97.9 Å². The molecule has 3 aromatic rings. The Morgan fingerprint density at radius 2 is 1.63 bits per heavy atom. The molecule has 0 aromatic heterocycles. The minimum Gasteiger partial charge on any atom is -0.322 e. The van der Waals surface area contributed by atoms with Gasteiger partial charge in [0.05, 0.1) is 0 Å². The van der Waals surface area contributed by atoms with E-state index < -0.39 is 0 Å². The zero-order chi connectivity index (χ0) is 21.1. The molecule has 1 aliphatic rings. The van der Waals surface area contributed by atoms with Crippen LogP contribution in [0.3, 0.4) is 0 Å². The van der Waals surface area contributed by atoms with Crippen LogP contribution in [0.1, 0.15) is 27.9 Å². The number of rotatable bonds is 5. The quantitative estimate of drug-likeness (QED) is 0.619.